The summed E-state index contributed by atoms with van der Waals surface area (Å²) in [5, 5.41) is 9.09. The molecule has 2 aliphatic heterocycles. The van der Waals surface area contributed by atoms with E-state index in [1.807, 2.05) is 35.2 Å². The number of rotatable bonds is 5. The van der Waals surface area contributed by atoms with Gasteiger partial charge in [0, 0.05) is 31.2 Å². The normalized spacial score (nSPS) is 22.4. The van der Waals surface area contributed by atoms with Crippen LogP contribution in [0.5, 0.6) is 5.75 Å². The van der Waals surface area contributed by atoms with E-state index in [1.165, 1.54) is 0 Å². The molecule has 0 bridgehead atoms. The molecule has 2 atom stereocenters. The van der Waals surface area contributed by atoms with Gasteiger partial charge in [-0.15, -0.1) is 0 Å². The predicted octanol–water partition coefficient (Wildman–Crippen LogP) is 3.95. The monoisotopic (exact) mass is 403 g/mol. The molecular weight excluding hydrogens is 374 g/mol. The van der Waals surface area contributed by atoms with Gasteiger partial charge in [-0.25, -0.2) is 0 Å². The van der Waals surface area contributed by atoms with Crippen LogP contribution in [0.25, 0.3) is 0 Å². The molecule has 156 valence electrons. The first kappa shape index (κ1) is 20.4. The van der Waals surface area contributed by atoms with Gasteiger partial charge in [-0.05, 0) is 62.9 Å². The first-order valence-corrected chi connectivity index (χ1v) is 10.8. The molecule has 0 N–H and O–H groups in total. The van der Waals surface area contributed by atoms with Crippen LogP contribution in [0.4, 0.5) is 0 Å². The molecule has 4 rings (SSSR count). The summed E-state index contributed by atoms with van der Waals surface area (Å²) in [6.07, 6.45) is 2.16. The SMILES string of the molecule is CC(C)N1CC(Oc2ccccc2)C1C1CCN(C(=O)c2cccc(C#N)c2)CC1. The van der Waals surface area contributed by atoms with Crippen molar-refractivity contribution in [2.75, 3.05) is 19.6 Å². The van der Waals surface area contributed by atoms with E-state index in [-0.39, 0.29) is 12.0 Å². The molecule has 2 aromatic rings. The van der Waals surface area contributed by atoms with Crippen LogP contribution in [-0.2, 0) is 0 Å². The number of hydrogen-bond donors (Lipinski definition) is 0. The molecule has 0 spiro atoms. The molecule has 2 aliphatic rings. The van der Waals surface area contributed by atoms with Gasteiger partial charge in [-0.2, -0.15) is 5.26 Å². The van der Waals surface area contributed by atoms with Gasteiger partial charge in [-0.3, -0.25) is 9.69 Å². The number of amides is 1. The second-order valence-electron chi connectivity index (χ2n) is 8.57. The van der Waals surface area contributed by atoms with Crippen LogP contribution in [-0.4, -0.2) is 53.5 Å². The number of hydrogen-bond acceptors (Lipinski definition) is 4. The molecule has 30 heavy (non-hydrogen) atoms. The number of likely N-dealkylation sites (tertiary alicyclic amines) is 2. The fraction of sp³-hybridized carbons (Fsp3) is 0.440. The fourth-order valence-corrected chi connectivity index (χ4v) is 4.77. The standard InChI is InChI=1S/C25H29N3O2/c1-18(2)28-17-23(30-22-9-4-3-5-10-22)24(28)20-11-13-27(14-12-20)25(29)21-8-6-7-19(15-21)16-26/h3-10,15,18,20,23-24H,11-14,17H2,1-2H3. The van der Waals surface area contributed by atoms with Crippen LogP contribution >= 0.6 is 0 Å². The van der Waals surface area contributed by atoms with E-state index in [1.54, 1.807) is 24.3 Å². The molecule has 0 saturated carbocycles. The Kier molecular flexibility index (Phi) is 6.06. The molecule has 1 amide bonds. The molecule has 2 unspecified atom stereocenters. The second kappa shape index (κ2) is 8.89. The average molecular weight is 404 g/mol. The summed E-state index contributed by atoms with van der Waals surface area (Å²) in [7, 11) is 0. The van der Waals surface area contributed by atoms with Crippen LogP contribution in [0.2, 0.25) is 0 Å². The van der Waals surface area contributed by atoms with Gasteiger partial charge in [0.2, 0.25) is 0 Å². The molecule has 0 radical (unpaired) electrons. The number of carbonyl (C=O) groups is 1. The molecule has 2 heterocycles. The predicted molar refractivity (Wildman–Crippen MR) is 116 cm³/mol. The van der Waals surface area contributed by atoms with Crippen molar-refractivity contribution in [2.45, 2.75) is 44.9 Å². The summed E-state index contributed by atoms with van der Waals surface area (Å²) < 4.78 is 6.31. The van der Waals surface area contributed by atoms with Gasteiger partial charge in [0.1, 0.15) is 11.9 Å². The minimum atomic E-state index is 0.0250. The molecule has 2 saturated heterocycles. The Morgan fingerprint density at radius 2 is 1.83 bits per heavy atom. The summed E-state index contributed by atoms with van der Waals surface area (Å²) >= 11 is 0. The lowest BCUT2D eigenvalue weighted by Gasteiger charge is -2.54. The van der Waals surface area contributed by atoms with Crippen LogP contribution in [0.15, 0.2) is 54.6 Å². The third-order valence-electron chi connectivity index (χ3n) is 6.40. The maximum atomic E-state index is 12.9. The minimum Gasteiger partial charge on any atom is -0.487 e. The number of carbonyl (C=O) groups excluding carboxylic acids is 1. The van der Waals surface area contributed by atoms with Gasteiger partial charge in [0.25, 0.3) is 5.91 Å². The first-order valence-electron chi connectivity index (χ1n) is 10.8. The third kappa shape index (κ3) is 4.20. The van der Waals surface area contributed by atoms with Crippen molar-refractivity contribution in [3.63, 3.8) is 0 Å². The lowest BCUT2D eigenvalue weighted by atomic mass is 9.79. The van der Waals surface area contributed by atoms with Crippen LogP contribution in [0.3, 0.4) is 0 Å². The van der Waals surface area contributed by atoms with E-state index < -0.39 is 0 Å². The van der Waals surface area contributed by atoms with Crippen LogP contribution in [0, 0.1) is 17.2 Å². The van der Waals surface area contributed by atoms with E-state index in [9.17, 15) is 4.79 Å². The molecule has 2 aromatic carbocycles. The lowest BCUT2D eigenvalue weighted by molar-refractivity contribution is -0.0983. The Morgan fingerprint density at radius 1 is 1.10 bits per heavy atom. The van der Waals surface area contributed by atoms with Crippen molar-refractivity contribution in [2.24, 2.45) is 5.92 Å². The van der Waals surface area contributed by atoms with Crippen molar-refractivity contribution in [1.29, 1.82) is 5.26 Å². The average Bonchev–Trinajstić information content (AvgIpc) is 2.77. The topological polar surface area (TPSA) is 56.6 Å². The van der Waals surface area contributed by atoms with Gasteiger partial charge in [-0.1, -0.05) is 24.3 Å². The third-order valence-corrected chi connectivity index (χ3v) is 6.40. The summed E-state index contributed by atoms with van der Waals surface area (Å²) in [5.74, 6) is 1.47. The van der Waals surface area contributed by atoms with E-state index in [2.05, 4.69) is 24.8 Å². The number of piperidine rings is 1. The largest absolute Gasteiger partial charge is 0.487 e. The summed E-state index contributed by atoms with van der Waals surface area (Å²) in [6, 6.07) is 20.0. The molecule has 0 aromatic heterocycles. The fourth-order valence-electron chi connectivity index (χ4n) is 4.77. The quantitative estimate of drug-likeness (QED) is 0.759. The molecular formula is C25H29N3O2. The highest BCUT2D eigenvalue weighted by atomic mass is 16.5. The van der Waals surface area contributed by atoms with Gasteiger partial charge >= 0.3 is 0 Å². The minimum absolute atomic E-state index is 0.0250. The zero-order chi connectivity index (χ0) is 21.1. The number of benzene rings is 2. The Labute approximate surface area is 178 Å². The van der Waals surface area contributed by atoms with E-state index in [0.717, 1.165) is 38.2 Å². The number of para-hydroxylation sites is 1. The maximum Gasteiger partial charge on any atom is 0.253 e. The van der Waals surface area contributed by atoms with Crippen molar-refractivity contribution < 1.29 is 9.53 Å². The molecule has 5 nitrogen and oxygen atoms in total. The van der Waals surface area contributed by atoms with Gasteiger partial charge < -0.3 is 9.64 Å². The van der Waals surface area contributed by atoms with Gasteiger partial charge in [0.05, 0.1) is 17.7 Å². The van der Waals surface area contributed by atoms with Crippen LogP contribution < -0.4 is 4.74 Å². The number of ether oxygens (including phenoxy) is 1. The van der Waals surface area contributed by atoms with Crippen molar-refractivity contribution in [3.8, 4) is 11.8 Å². The smallest absolute Gasteiger partial charge is 0.253 e. The first-order chi connectivity index (χ1) is 14.6. The summed E-state index contributed by atoms with van der Waals surface area (Å²) in [6.45, 7) is 6.94. The summed E-state index contributed by atoms with van der Waals surface area (Å²) in [5.41, 5.74) is 1.13. The van der Waals surface area contributed by atoms with Gasteiger partial charge in [0.15, 0.2) is 0 Å². The van der Waals surface area contributed by atoms with Crippen molar-refractivity contribution in [1.82, 2.24) is 9.80 Å². The Bertz CT molecular complexity index is 913. The van der Waals surface area contributed by atoms with Crippen molar-refractivity contribution in [3.05, 3.63) is 65.7 Å². The molecule has 2 fully saturated rings. The van der Waals surface area contributed by atoms with E-state index in [4.69, 9.17) is 10.00 Å². The van der Waals surface area contributed by atoms with E-state index in [0.29, 0.717) is 29.1 Å². The Hall–Kier alpha value is -2.84. The highest BCUT2D eigenvalue weighted by molar-refractivity contribution is 5.94. The zero-order valence-corrected chi connectivity index (χ0v) is 17.7. The number of nitriles is 1. The van der Waals surface area contributed by atoms with Crippen LogP contribution in [0.1, 0.15) is 42.6 Å². The summed E-state index contributed by atoms with van der Waals surface area (Å²) in [4.78, 5) is 17.4. The maximum absolute atomic E-state index is 12.9. The lowest BCUT2D eigenvalue weighted by Crippen LogP contribution is -2.68. The molecule has 5 heteroatoms. The number of nitrogens with zero attached hydrogens (tertiary/aromatic N) is 3. The Morgan fingerprint density at radius 3 is 2.50 bits per heavy atom. The molecule has 0 aliphatic carbocycles. The highest BCUT2D eigenvalue weighted by Gasteiger charge is 2.47. The second-order valence-corrected chi connectivity index (χ2v) is 8.57. The van der Waals surface area contributed by atoms with Crippen molar-refractivity contribution >= 4 is 5.91 Å². The van der Waals surface area contributed by atoms with E-state index >= 15 is 0 Å². The Balaban J connectivity index is 1.39. The highest BCUT2D eigenvalue weighted by Crippen LogP contribution is 2.36. The zero-order valence-electron chi connectivity index (χ0n) is 17.7.